The molecule has 0 bridgehead atoms. The summed E-state index contributed by atoms with van der Waals surface area (Å²) in [6.45, 7) is 5.37. The van der Waals surface area contributed by atoms with Crippen LogP contribution in [0, 0.1) is 0 Å². The first kappa shape index (κ1) is 15.4. The number of carboxylic acids is 1. The number of aryl methyl sites for hydroxylation is 1. The zero-order valence-corrected chi connectivity index (χ0v) is 11.5. The van der Waals surface area contributed by atoms with E-state index in [0.29, 0.717) is 0 Å². The van der Waals surface area contributed by atoms with Gasteiger partial charge in [0.15, 0.2) is 0 Å². The van der Waals surface area contributed by atoms with Gasteiger partial charge in [-0.05, 0) is 30.5 Å². The molecule has 1 rings (SSSR count). The van der Waals surface area contributed by atoms with Crippen molar-refractivity contribution in [2.75, 3.05) is 0 Å². The second kappa shape index (κ2) is 6.49. The third kappa shape index (κ3) is 4.18. The van der Waals surface area contributed by atoms with Crippen LogP contribution in [-0.4, -0.2) is 25.5 Å². The van der Waals surface area contributed by atoms with Crippen LogP contribution in [0.1, 0.15) is 18.9 Å². The summed E-state index contributed by atoms with van der Waals surface area (Å²) < 4.78 is 26.2. The Kier molecular flexibility index (Phi) is 5.26. The molecule has 0 aromatic heterocycles. The Morgan fingerprint density at radius 2 is 2.00 bits per heavy atom. The van der Waals surface area contributed by atoms with E-state index in [1.807, 2.05) is 6.92 Å². The molecule has 0 heterocycles. The lowest BCUT2D eigenvalue weighted by Gasteiger charge is -2.13. The van der Waals surface area contributed by atoms with Gasteiger partial charge in [-0.15, -0.1) is 6.58 Å². The van der Waals surface area contributed by atoms with Gasteiger partial charge in [0.25, 0.3) is 0 Å². The Hall–Kier alpha value is -1.66. The number of hydrogen-bond acceptors (Lipinski definition) is 3. The molecular formula is C13H17NO4S. The minimum absolute atomic E-state index is 0.0294. The molecule has 5 nitrogen and oxygen atoms in total. The Balaban J connectivity index is 2.95. The average molecular weight is 283 g/mol. The van der Waals surface area contributed by atoms with Gasteiger partial charge in [0.05, 0.1) is 4.90 Å². The van der Waals surface area contributed by atoms with Crippen molar-refractivity contribution < 1.29 is 18.3 Å². The standard InChI is InChI=1S/C13H17NO4S/c1-3-5-12(13(15)16)14-19(17,18)11-8-6-10(4-2)7-9-11/h3,6-9,12,14H,1,4-5H2,2H3,(H,15,16). The number of rotatable bonds is 7. The smallest absolute Gasteiger partial charge is 0.322 e. The van der Waals surface area contributed by atoms with Gasteiger partial charge in [-0.1, -0.05) is 25.1 Å². The summed E-state index contributed by atoms with van der Waals surface area (Å²) >= 11 is 0. The minimum atomic E-state index is -3.83. The lowest BCUT2D eigenvalue weighted by atomic mass is 10.2. The zero-order chi connectivity index (χ0) is 14.5. The van der Waals surface area contributed by atoms with E-state index >= 15 is 0 Å². The third-order valence-electron chi connectivity index (χ3n) is 2.64. The normalized spacial score (nSPS) is 12.9. The van der Waals surface area contributed by atoms with Crippen LogP contribution in [0.5, 0.6) is 0 Å². The topological polar surface area (TPSA) is 83.5 Å². The summed E-state index contributed by atoms with van der Waals surface area (Å²) in [5, 5.41) is 8.92. The molecule has 2 N–H and O–H groups in total. The molecule has 0 fully saturated rings. The molecule has 0 aliphatic rings. The number of carbonyl (C=O) groups is 1. The molecule has 6 heteroatoms. The molecule has 0 spiro atoms. The first-order valence-corrected chi connectivity index (χ1v) is 7.34. The van der Waals surface area contributed by atoms with Crippen molar-refractivity contribution in [3.8, 4) is 0 Å². The molecule has 0 aliphatic heterocycles. The second-order valence-electron chi connectivity index (χ2n) is 4.03. The summed E-state index contributed by atoms with van der Waals surface area (Å²) in [5.41, 5.74) is 1.01. The van der Waals surface area contributed by atoms with Crippen LogP contribution in [0.2, 0.25) is 0 Å². The maximum atomic E-state index is 12.0. The number of hydrogen-bond donors (Lipinski definition) is 2. The van der Waals surface area contributed by atoms with Crippen molar-refractivity contribution in [2.24, 2.45) is 0 Å². The van der Waals surface area contributed by atoms with E-state index < -0.39 is 22.0 Å². The Bertz CT molecular complexity index is 549. The zero-order valence-electron chi connectivity index (χ0n) is 10.7. The molecule has 1 aromatic rings. The summed E-state index contributed by atoms with van der Waals surface area (Å²) in [5.74, 6) is -1.23. The maximum absolute atomic E-state index is 12.0. The molecule has 104 valence electrons. The fraction of sp³-hybridized carbons (Fsp3) is 0.308. The Labute approximate surface area is 113 Å². The minimum Gasteiger partial charge on any atom is -0.480 e. The van der Waals surface area contributed by atoms with Crippen molar-refractivity contribution in [1.82, 2.24) is 4.72 Å². The monoisotopic (exact) mass is 283 g/mol. The number of nitrogens with one attached hydrogen (secondary N) is 1. The fourth-order valence-electron chi connectivity index (χ4n) is 1.53. The molecule has 19 heavy (non-hydrogen) atoms. The fourth-order valence-corrected chi connectivity index (χ4v) is 2.73. The summed E-state index contributed by atoms with van der Waals surface area (Å²) in [4.78, 5) is 11.0. The van der Waals surface area contributed by atoms with E-state index in [4.69, 9.17) is 5.11 Å². The van der Waals surface area contributed by atoms with Crippen molar-refractivity contribution in [2.45, 2.75) is 30.7 Å². The van der Waals surface area contributed by atoms with Crippen LogP contribution in [0.4, 0.5) is 0 Å². The van der Waals surface area contributed by atoms with Gasteiger partial charge in [-0.2, -0.15) is 4.72 Å². The predicted molar refractivity (Wildman–Crippen MR) is 72.4 cm³/mol. The largest absolute Gasteiger partial charge is 0.480 e. The maximum Gasteiger partial charge on any atom is 0.322 e. The van der Waals surface area contributed by atoms with Gasteiger partial charge in [-0.3, -0.25) is 4.79 Å². The van der Waals surface area contributed by atoms with E-state index in [2.05, 4.69) is 11.3 Å². The van der Waals surface area contributed by atoms with Gasteiger partial charge in [0.1, 0.15) is 6.04 Å². The molecule has 0 saturated heterocycles. The Morgan fingerprint density at radius 1 is 1.42 bits per heavy atom. The SMILES string of the molecule is C=CCC(NS(=O)(=O)c1ccc(CC)cc1)C(=O)O. The average Bonchev–Trinajstić information content (AvgIpc) is 2.38. The van der Waals surface area contributed by atoms with Gasteiger partial charge in [-0.25, -0.2) is 8.42 Å². The highest BCUT2D eigenvalue weighted by molar-refractivity contribution is 7.89. The quantitative estimate of drug-likeness (QED) is 0.744. The molecule has 0 aliphatic carbocycles. The number of sulfonamides is 1. The molecule has 1 atom stereocenters. The molecular weight excluding hydrogens is 266 g/mol. The number of benzene rings is 1. The third-order valence-corrected chi connectivity index (χ3v) is 4.13. The van der Waals surface area contributed by atoms with E-state index in [1.165, 1.54) is 18.2 Å². The van der Waals surface area contributed by atoms with E-state index in [0.717, 1.165) is 12.0 Å². The molecule has 0 saturated carbocycles. The van der Waals surface area contributed by atoms with Crippen LogP contribution in [-0.2, 0) is 21.2 Å². The van der Waals surface area contributed by atoms with Gasteiger partial charge in [0, 0.05) is 0 Å². The van der Waals surface area contributed by atoms with E-state index in [9.17, 15) is 13.2 Å². The van der Waals surface area contributed by atoms with Crippen LogP contribution in [0.15, 0.2) is 41.8 Å². The number of carboxylic acid groups (broad SMARTS) is 1. The van der Waals surface area contributed by atoms with Crippen LogP contribution < -0.4 is 4.72 Å². The van der Waals surface area contributed by atoms with Crippen molar-refractivity contribution in [3.63, 3.8) is 0 Å². The Morgan fingerprint density at radius 3 is 2.42 bits per heavy atom. The summed E-state index contributed by atoms with van der Waals surface area (Å²) in [6, 6.07) is 5.14. The lowest BCUT2D eigenvalue weighted by molar-refractivity contribution is -0.138. The van der Waals surface area contributed by atoms with Crippen LogP contribution in [0.3, 0.4) is 0 Å². The first-order valence-electron chi connectivity index (χ1n) is 5.85. The van der Waals surface area contributed by atoms with Crippen LogP contribution in [0.25, 0.3) is 0 Å². The number of aliphatic carboxylic acids is 1. The summed E-state index contributed by atoms with van der Waals surface area (Å²) in [6.07, 6.45) is 2.20. The predicted octanol–water partition coefficient (Wildman–Crippen LogP) is 1.56. The second-order valence-corrected chi connectivity index (χ2v) is 5.75. The highest BCUT2D eigenvalue weighted by atomic mass is 32.2. The van der Waals surface area contributed by atoms with Crippen molar-refractivity contribution >= 4 is 16.0 Å². The van der Waals surface area contributed by atoms with E-state index in [-0.39, 0.29) is 11.3 Å². The van der Waals surface area contributed by atoms with Crippen molar-refractivity contribution in [3.05, 3.63) is 42.5 Å². The van der Waals surface area contributed by atoms with Crippen LogP contribution >= 0.6 is 0 Å². The molecule has 1 aromatic carbocycles. The van der Waals surface area contributed by atoms with Crippen molar-refractivity contribution in [1.29, 1.82) is 0 Å². The first-order chi connectivity index (χ1) is 8.90. The highest BCUT2D eigenvalue weighted by Crippen LogP contribution is 2.12. The van der Waals surface area contributed by atoms with Gasteiger partial charge in [0.2, 0.25) is 10.0 Å². The molecule has 0 radical (unpaired) electrons. The molecule has 1 unspecified atom stereocenters. The lowest BCUT2D eigenvalue weighted by Crippen LogP contribution is -2.40. The highest BCUT2D eigenvalue weighted by Gasteiger charge is 2.24. The van der Waals surface area contributed by atoms with Gasteiger partial charge < -0.3 is 5.11 Å². The summed E-state index contributed by atoms with van der Waals surface area (Å²) in [7, 11) is -3.83. The van der Waals surface area contributed by atoms with E-state index in [1.54, 1.807) is 12.1 Å². The van der Waals surface area contributed by atoms with Gasteiger partial charge >= 0.3 is 5.97 Å². The molecule has 0 amide bonds.